The molecule has 3 rings (SSSR count). The lowest BCUT2D eigenvalue weighted by atomic mass is 10.0. The van der Waals surface area contributed by atoms with Crippen molar-refractivity contribution in [2.75, 3.05) is 23.7 Å². The average molecular weight is 653 g/mol. The van der Waals surface area contributed by atoms with Crippen molar-refractivity contribution in [2.24, 2.45) is 0 Å². The minimum atomic E-state index is -3.73. The van der Waals surface area contributed by atoms with Crippen molar-refractivity contribution >= 4 is 62.3 Å². The second-order valence-corrected chi connectivity index (χ2v) is 13.2. The summed E-state index contributed by atoms with van der Waals surface area (Å²) in [6, 6.07) is 20.5. The SMILES string of the molecule is CCCCNC(=O)[C@H](Cc1ccccc1)N(Cc1cccc(Cl)c1)C(=O)CCCN(c1cc(Cl)ccc1Cl)S(C)(=O)=O. The minimum Gasteiger partial charge on any atom is -0.354 e. The number of rotatable bonds is 15. The Morgan fingerprint density at radius 2 is 1.57 bits per heavy atom. The predicted molar refractivity (Wildman–Crippen MR) is 172 cm³/mol. The van der Waals surface area contributed by atoms with Crippen LogP contribution in [-0.2, 0) is 32.6 Å². The van der Waals surface area contributed by atoms with Crippen molar-refractivity contribution in [1.82, 2.24) is 10.2 Å². The van der Waals surface area contributed by atoms with Crippen LogP contribution < -0.4 is 9.62 Å². The summed E-state index contributed by atoms with van der Waals surface area (Å²) in [7, 11) is -3.73. The van der Waals surface area contributed by atoms with Crippen LogP contribution in [-0.4, -0.2) is 50.5 Å². The van der Waals surface area contributed by atoms with Gasteiger partial charge in [0.1, 0.15) is 6.04 Å². The van der Waals surface area contributed by atoms with E-state index < -0.39 is 16.1 Å². The van der Waals surface area contributed by atoms with E-state index in [1.165, 1.54) is 12.1 Å². The summed E-state index contributed by atoms with van der Waals surface area (Å²) >= 11 is 18.7. The van der Waals surface area contributed by atoms with Crippen molar-refractivity contribution in [3.05, 3.63) is 99.0 Å². The average Bonchev–Trinajstić information content (AvgIpc) is 2.94. The molecule has 7 nitrogen and oxygen atoms in total. The van der Waals surface area contributed by atoms with Gasteiger partial charge in [0.25, 0.3) is 0 Å². The lowest BCUT2D eigenvalue weighted by molar-refractivity contribution is -0.141. The summed E-state index contributed by atoms with van der Waals surface area (Å²) in [5.41, 5.74) is 1.93. The Labute approximate surface area is 263 Å². The van der Waals surface area contributed by atoms with Gasteiger partial charge in [-0.05, 0) is 54.3 Å². The summed E-state index contributed by atoms with van der Waals surface area (Å²) in [6.07, 6.45) is 3.32. The van der Waals surface area contributed by atoms with Gasteiger partial charge in [0, 0.05) is 42.5 Å². The second-order valence-electron chi connectivity index (χ2n) is 10.0. The Morgan fingerprint density at radius 3 is 2.24 bits per heavy atom. The van der Waals surface area contributed by atoms with Crippen LogP contribution in [0.2, 0.25) is 15.1 Å². The van der Waals surface area contributed by atoms with E-state index in [9.17, 15) is 18.0 Å². The number of amides is 2. The van der Waals surface area contributed by atoms with Crippen LogP contribution in [0.4, 0.5) is 5.69 Å². The molecule has 0 aliphatic heterocycles. The molecule has 0 bridgehead atoms. The fraction of sp³-hybridized carbons (Fsp3) is 0.355. The van der Waals surface area contributed by atoms with Crippen LogP contribution in [0.3, 0.4) is 0 Å². The van der Waals surface area contributed by atoms with E-state index in [-0.39, 0.29) is 48.5 Å². The topological polar surface area (TPSA) is 86.8 Å². The van der Waals surface area contributed by atoms with Crippen LogP contribution in [0.25, 0.3) is 0 Å². The van der Waals surface area contributed by atoms with Gasteiger partial charge in [-0.3, -0.25) is 13.9 Å². The molecule has 2 amide bonds. The molecule has 0 aliphatic rings. The second kappa shape index (κ2) is 16.2. The van der Waals surface area contributed by atoms with E-state index in [4.69, 9.17) is 34.8 Å². The molecule has 0 saturated heterocycles. The Hall–Kier alpha value is -2.78. The summed E-state index contributed by atoms with van der Waals surface area (Å²) in [6.45, 7) is 2.71. The fourth-order valence-electron chi connectivity index (χ4n) is 4.55. The van der Waals surface area contributed by atoms with Gasteiger partial charge in [-0.1, -0.05) is 90.6 Å². The van der Waals surface area contributed by atoms with Crippen molar-refractivity contribution in [3.63, 3.8) is 0 Å². The molecule has 1 atom stereocenters. The van der Waals surface area contributed by atoms with E-state index in [1.807, 2.05) is 43.3 Å². The summed E-state index contributed by atoms with van der Waals surface area (Å²) in [5.74, 6) is -0.529. The molecular weight excluding hydrogens is 617 g/mol. The molecule has 0 aliphatic carbocycles. The molecule has 0 fully saturated rings. The summed E-state index contributed by atoms with van der Waals surface area (Å²) < 4.78 is 26.5. The normalized spacial score (nSPS) is 12.0. The number of carbonyl (C=O) groups is 2. The number of unbranched alkanes of at least 4 members (excludes halogenated alkanes) is 1. The monoisotopic (exact) mass is 651 g/mol. The molecule has 0 spiro atoms. The number of carbonyl (C=O) groups excluding carboxylic acids is 2. The van der Waals surface area contributed by atoms with E-state index in [0.29, 0.717) is 23.0 Å². The van der Waals surface area contributed by atoms with Gasteiger partial charge >= 0.3 is 0 Å². The first-order chi connectivity index (χ1) is 20.0. The number of hydrogen-bond donors (Lipinski definition) is 1. The number of anilines is 1. The van der Waals surface area contributed by atoms with Gasteiger partial charge in [0.05, 0.1) is 17.0 Å². The molecule has 3 aromatic carbocycles. The lowest BCUT2D eigenvalue weighted by Crippen LogP contribution is -2.50. The molecule has 3 aromatic rings. The first-order valence-corrected chi connectivity index (χ1v) is 16.8. The van der Waals surface area contributed by atoms with Crippen molar-refractivity contribution in [2.45, 2.75) is 51.6 Å². The number of nitrogens with zero attached hydrogens (tertiary/aromatic N) is 2. The van der Waals surface area contributed by atoms with Crippen LogP contribution in [0, 0.1) is 0 Å². The van der Waals surface area contributed by atoms with Crippen LogP contribution >= 0.6 is 34.8 Å². The van der Waals surface area contributed by atoms with E-state index in [1.54, 1.807) is 29.2 Å². The molecule has 0 radical (unpaired) electrons. The fourth-order valence-corrected chi connectivity index (χ4v) is 6.17. The number of nitrogens with one attached hydrogen (secondary N) is 1. The minimum absolute atomic E-state index is 0.00168. The third kappa shape index (κ3) is 10.2. The van der Waals surface area contributed by atoms with Gasteiger partial charge in [-0.25, -0.2) is 8.42 Å². The zero-order valence-corrected chi connectivity index (χ0v) is 26.8. The van der Waals surface area contributed by atoms with Gasteiger partial charge < -0.3 is 10.2 Å². The first kappa shape index (κ1) is 33.7. The number of halogens is 3. The van der Waals surface area contributed by atoms with Crippen molar-refractivity contribution in [1.29, 1.82) is 0 Å². The van der Waals surface area contributed by atoms with Gasteiger partial charge in [-0.15, -0.1) is 0 Å². The molecule has 0 heterocycles. The van der Waals surface area contributed by atoms with E-state index in [2.05, 4.69) is 5.32 Å². The molecule has 1 N–H and O–H groups in total. The van der Waals surface area contributed by atoms with Crippen molar-refractivity contribution < 1.29 is 18.0 Å². The van der Waals surface area contributed by atoms with E-state index in [0.717, 1.165) is 34.5 Å². The third-order valence-electron chi connectivity index (χ3n) is 6.67. The Bertz CT molecular complexity index is 1450. The Kier molecular flexibility index (Phi) is 13.0. The number of benzene rings is 3. The molecule has 226 valence electrons. The quantitative estimate of drug-likeness (QED) is 0.184. The number of hydrogen-bond acceptors (Lipinski definition) is 4. The number of sulfonamides is 1. The molecule has 11 heteroatoms. The Morgan fingerprint density at radius 1 is 0.881 bits per heavy atom. The van der Waals surface area contributed by atoms with Gasteiger partial charge in [0.15, 0.2) is 0 Å². The first-order valence-electron chi connectivity index (χ1n) is 13.8. The van der Waals surface area contributed by atoms with Crippen LogP contribution in [0.5, 0.6) is 0 Å². The molecule has 0 saturated carbocycles. The highest BCUT2D eigenvalue weighted by molar-refractivity contribution is 7.92. The Balaban J connectivity index is 1.89. The molecular formula is C31H36Cl3N3O4S. The zero-order chi connectivity index (χ0) is 30.7. The lowest BCUT2D eigenvalue weighted by Gasteiger charge is -2.32. The maximum absolute atomic E-state index is 13.9. The summed E-state index contributed by atoms with van der Waals surface area (Å²) in [5, 5.41) is 4.08. The van der Waals surface area contributed by atoms with E-state index >= 15 is 0 Å². The zero-order valence-electron chi connectivity index (χ0n) is 23.7. The van der Waals surface area contributed by atoms with Gasteiger partial charge in [0.2, 0.25) is 21.8 Å². The maximum Gasteiger partial charge on any atom is 0.243 e. The largest absolute Gasteiger partial charge is 0.354 e. The standard InChI is InChI=1S/C31H36Cl3N3O4S/c1-3-4-17-35-31(39)29(20-23-10-6-5-7-11-23)36(22-24-12-8-13-25(32)19-24)30(38)14-9-18-37(42(2,40)41)28-21-26(33)15-16-27(28)34/h5-8,10-13,15-16,19,21,29H,3-4,9,14,17-18,20,22H2,1-2H3,(H,35,39)/t29-/m0/s1. The smallest absolute Gasteiger partial charge is 0.243 e. The molecule has 42 heavy (non-hydrogen) atoms. The molecule has 0 unspecified atom stereocenters. The van der Waals surface area contributed by atoms with Crippen LogP contribution in [0.15, 0.2) is 72.8 Å². The van der Waals surface area contributed by atoms with Gasteiger partial charge in [-0.2, -0.15) is 0 Å². The van der Waals surface area contributed by atoms with Crippen LogP contribution in [0.1, 0.15) is 43.7 Å². The maximum atomic E-state index is 13.9. The molecule has 0 aromatic heterocycles. The third-order valence-corrected chi connectivity index (χ3v) is 8.64. The predicted octanol–water partition coefficient (Wildman–Crippen LogP) is 6.75. The van der Waals surface area contributed by atoms with Crippen molar-refractivity contribution in [3.8, 4) is 0 Å². The highest BCUT2D eigenvalue weighted by atomic mass is 35.5. The highest BCUT2D eigenvalue weighted by Gasteiger charge is 2.30. The highest BCUT2D eigenvalue weighted by Crippen LogP contribution is 2.31. The summed E-state index contributed by atoms with van der Waals surface area (Å²) in [4.78, 5) is 29.0.